The van der Waals surface area contributed by atoms with Crippen LogP contribution in [0.4, 0.5) is 27.5 Å². The van der Waals surface area contributed by atoms with E-state index in [0.717, 1.165) is 54.9 Å². The van der Waals surface area contributed by atoms with Gasteiger partial charge in [0.15, 0.2) is 0 Å². The molecule has 226 valence electrons. The van der Waals surface area contributed by atoms with Crippen molar-refractivity contribution in [2.75, 3.05) is 60.4 Å². The van der Waals surface area contributed by atoms with Crippen LogP contribution < -0.4 is 20.2 Å². The van der Waals surface area contributed by atoms with Crippen molar-refractivity contribution in [3.63, 3.8) is 0 Å². The lowest BCUT2D eigenvalue weighted by Gasteiger charge is -2.57. The molecule has 12 heteroatoms. The number of fused-ring (bicyclic) bond motifs is 1. The number of rotatable bonds is 5. The second kappa shape index (κ2) is 10.5. The smallest absolute Gasteiger partial charge is 0.390 e. The number of carbonyl (C=O) groups excluding carboxylic acids is 1. The van der Waals surface area contributed by atoms with E-state index < -0.39 is 21.7 Å². The third-order valence-corrected chi connectivity index (χ3v) is 11.5. The standard InChI is InChI=1S/C30H38ClN5O5S/c1-42(39,40)34-10-8-33(9-11-34)24-3-5-25(6-4-24)35-12-13-36(26-7-2-23(31)16-27(26)35)41-29(37)32-28-21-14-20-15-22(28)19-30(38,17-20)18-21/h2-7,16,20-22,28,38H,8-15,17-19H2,1H3,(H,32,37)/t20?,21-,22+,28?,30?. The fourth-order valence-corrected chi connectivity index (χ4v) is 9.31. The van der Waals surface area contributed by atoms with Gasteiger partial charge in [0, 0.05) is 55.2 Å². The van der Waals surface area contributed by atoms with Crippen LogP contribution >= 0.6 is 11.6 Å². The van der Waals surface area contributed by atoms with Crippen LogP contribution in [-0.4, -0.2) is 81.1 Å². The predicted octanol–water partition coefficient (Wildman–Crippen LogP) is 3.96. The molecule has 0 aromatic heterocycles. The number of halogens is 1. The molecule has 0 radical (unpaired) electrons. The molecule has 2 aromatic carbocycles. The van der Waals surface area contributed by atoms with Crippen molar-refractivity contribution in [1.29, 1.82) is 0 Å². The fourth-order valence-electron chi connectivity index (χ4n) is 8.32. The molecule has 6 aliphatic rings. The van der Waals surface area contributed by atoms with Crippen LogP contribution in [0.15, 0.2) is 42.5 Å². The van der Waals surface area contributed by atoms with Crippen molar-refractivity contribution in [2.24, 2.45) is 17.8 Å². The molecule has 4 aliphatic carbocycles. The molecule has 4 saturated carbocycles. The highest BCUT2D eigenvalue weighted by Gasteiger charge is 2.55. The first-order valence-electron chi connectivity index (χ1n) is 14.9. The molecule has 8 rings (SSSR count). The fraction of sp³-hybridized carbons (Fsp3) is 0.567. The summed E-state index contributed by atoms with van der Waals surface area (Å²) in [7, 11) is -3.17. The van der Waals surface area contributed by atoms with Gasteiger partial charge in [-0.3, -0.25) is 0 Å². The monoisotopic (exact) mass is 615 g/mol. The lowest BCUT2D eigenvalue weighted by atomic mass is 9.52. The van der Waals surface area contributed by atoms with E-state index in [1.165, 1.54) is 10.6 Å². The Morgan fingerprint density at radius 3 is 2.24 bits per heavy atom. The molecule has 10 nitrogen and oxygen atoms in total. The molecular formula is C30H38ClN5O5S. The van der Waals surface area contributed by atoms with E-state index in [4.69, 9.17) is 16.4 Å². The minimum absolute atomic E-state index is 0.0492. The molecular weight excluding hydrogens is 578 g/mol. The molecule has 1 amide bonds. The Bertz CT molecular complexity index is 1450. The maximum Gasteiger partial charge on any atom is 0.431 e. The second-order valence-corrected chi connectivity index (χ2v) is 15.2. The van der Waals surface area contributed by atoms with Gasteiger partial charge in [0.2, 0.25) is 10.0 Å². The summed E-state index contributed by atoms with van der Waals surface area (Å²) in [6.07, 6.45) is 5.38. The summed E-state index contributed by atoms with van der Waals surface area (Å²) in [5.74, 6) is 1.19. The van der Waals surface area contributed by atoms with Gasteiger partial charge >= 0.3 is 6.09 Å². The van der Waals surface area contributed by atoms with Crippen LogP contribution in [0, 0.1) is 17.8 Å². The molecule has 4 bridgehead atoms. The number of carbonyl (C=O) groups is 1. The van der Waals surface area contributed by atoms with Gasteiger partial charge in [0.25, 0.3) is 0 Å². The number of hydrogen-bond acceptors (Lipinski definition) is 8. The summed E-state index contributed by atoms with van der Waals surface area (Å²) in [6, 6.07) is 13.9. The Balaban J connectivity index is 1.03. The number of hydrogen-bond donors (Lipinski definition) is 2. The van der Waals surface area contributed by atoms with Gasteiger partial charge in [-0.1, -0.05) is 11.6 Å². The van der Waals surface area contributed by atoms with Crippen molar-refractivity contribution in [2.45, 2.75) is 43.7 Å². The molecule has 0 spiro atoms. The largest absolute Gasteiger partial charge is 0.431 e. The molecule has 5 fully saturated rings. The second-order valence-electron chi connectivity index (χ2n) is 12.8. The average Bonchev–Trinajstić information content (AvgIpc) is 2.94. The maximum absolute atomic E-state index is 13.2. The zero-order chi connectivity index (χ0) is 29.2. The lowest BCUT2D eigenvalue weighted by Crippen LogP contribution is -2.62. The summed E-state index contributed by atoms with van der Waals surface area (Å²) in [5, 5.41) is 16.3. The number of nitrogens with one attached hydrogen (secondary N) is 1. The summed E-state index contributed by atoms with van der Waals surface area (Å²) in [4.78, 5) is 23.4. The van der Waals surface area contributed by atoms with Crippen molar-refractivity contribution in [3.8, 4) is 0 Å². The Kier molecular flexibility index (Phi) is 6.99. The van der Waals surface area contributed by atoms with Gasteiger partial charge in [0.05, 0.1) is 29.8 Å². The van der Waals surface area contributed by atoms with Gasteiger partial charge in [0.1, 0.15) is 0 Å². The van der Waals surface area contributed by atoms with Gasteiger partial charge in [-0.25, -0.2) is 18.3 Å². The molecule has 3 unspecified atom stereocenters. The van der Waals surface area contributed by atoms with E-state index >= 15 is 0 Å². The Labute approximate surface area is 252 Å². The van der Waals surface area contributed by atoms with Crippen LogP contribution in [-0.2, 0) is 14.9 Å². The van der Waals surface area contributed by atoms with E-state index in [1.54, 1.807) is 11.1 Å². The zero-order valence-electron chi connectivity index (χ0n) is 23.8. The highest BCUT2D eigenvalue weighted by Crippen LogP contribution is 2.55. The van der Waals surface area contributed by atoms with E-state index in [0.29, 0.717) is 62.0 Å². The van der Waals surface area contributed by atoms with Gasteiger partial charge in [-0.2, -0.15) is 4.31 Å². The highest BCUT2D eigenvalue weighted by molar-refractivity contribution is 7.88. The Hall–Kier alpha value is -2.73. The Morgan fingerprint density at radius 1 is 0.929 bits per heavy atom. The molecule has 2 aliphatic heterocycles. The van der Waals surface area contributed by atoms with Crippen LogP contribution in [0.5, 0.6) is 0 Å². The van der Waals surface area contributed by atoms with E-state index in [-0.39, 0.29) is 6.04 Å². The summed E-state index contributed by atoms with van der Waals surface area (Å²) in [5.41, 5.74) is 3.12. The molecule has 1 saturated heterocycles. The normalized spacial score (nSPS) is 30.8. The number of aliphatic hydroxyl groups is 1. The zero-order valence-corrected chi connectivity index (χ0v) is 25.4. The van der Waals surface area contributed by atoms with Crippen LogP contribution in [0.1, 0.15) is 32.1 Å². The first-order valence-corrected chi connectivity index (χ1v) is 17.1. The van der Waals surface area contributed by atoms with Crippen molar-refractivity contribution in [1.82, 2.24) is 9.62 Å². The van der Waals surface area contributed by atoms with Crippen LogP contribution in [0.3, 0.4) is 0 Å². The van der Waals surface area contributed by atoms with Gasteiger partial charge in [-0.05, 0) is 92.3 Å². The third-order valence-electron chi connectivity index (χ3n) is 9.98. The van der Waals surface area contributed by atoms with Gasteiger partial charge in [-0.15, -0.1) is 0 Å². The predicted molar refractivity (Wildman–Crippen MR) is 163 cm³/mol. The van der Waals surface area contributed by atoms with E-state index in [9.17, 15) is 18.3 Å². The quantitative estimate of drug-likeness (QED) is 0.521. The summed E-state index contributed by atoms with van der Waals surface area (Å²) < 4.78 is 25.2. The SMILES string of the molecule is CS(=O)(=O)N1CCN(c2ccc(N3CCN(OC(=O)NC4[C@@H]5CC6C[C@H]4CC(O)(C6)C5)c4ccc(Cl)cc43)cc2)CC1. The molecule has 2 heterocycles. The summed E-state index contributed by atoms with van der Waals surface area (Å²) >= 11 is 6.42. The Morgan fingerprint density at radius 2 is 1.60 bits per heavy atom. The van der Waals surface area contributed by atoms with Crippen LogP contribution in [0.2, 0.25) is 5.02 Å². The van der Waals surface area contributed by atoms with Crippen LogP contribution in [0.25, 0.3) is 0 Å². The number of anilines is 4. The number of amides is 1. The first kappa shape index (κ1) is 28.1. The minimum Gasteiger partial charge on any atom is -0.390 e. The summed E-state index contributed by atoms with van der Waals surface area (Å²) in [6.45, 7) is 3.33. The van der Waals surface area contributed by atoms with Gasteiger partial charge < -0.3 is 25.1 Å². The number of sulfonamides is 1. The van der Waals surface area contributed by atoms with E-state index in [1.807, 2.05) is 12.1 Å². The molecule has 2 N–H and O–H groups in total. The average molecular weight is 616 g/mol. The number of benzene rings is 2. The third kappa shape index (κ3) is 5.29. The first-order chi connectivity index (χ1) is 20.0. The number of hydroxylamine groups is 1. The molecule has 2 aromatic rings. The van der Waals surface area contributed by atoms with Crippen molar-refractivity contribution in [3.05, 3.63) is 47.5 Å². The number of piperazine rings is 1. The van der Waals surface area contributed by atoms with Crippen molar-refractivity contribution < 1.29 is 23.2 Å². The lowest BCUT2D eigenvalue weighted by molar-refractivity contribution is -0.137. The number of nitrogens with zero attached hydrogens (tertiary/aromatic N) is 4. The van der Waals surface area contributed by atoms with E-state index in [2.05, 4.69) is 39.4 Å². The maximum atomic E-state index is 13.2. The topological polar surface area (TPSA) is 106 Å². The molecule has 42 heavy (non-hydrogen) atoms. The highest BCUT2D eigenvalue weighted by atomic mass is 35.5. The minimum atomic E-state index is -3.17. The molecule has 5 atom stereocenters. The van der Waals surface area contributed by atoms with Crippen molar-refractivity contribution >= 4 is 50.5 Å².